The van der Waals surface area contributed by atoms with E-state index in [1.165, 1.54) is 31.7 Å². The molecule has 1 N–H and O–H groups in total. The number of nitrogens with one attached hydrogen (secondary N) is 1. The summed E-state index contributed by atoms with van der Waals surface area (Å²) in [5.41, 5.74) is 1.67. The van der Waals surface area contributed by atoms with Gasteiger partial charge in [-0.05, 0) is 44.2 Å². The molecule has 0 aromatic heterocycles. The molecule has 1 aliphatic carbocycles. The van der Waals surface area contributed by atoms with Crippen LogP contribution in [-0.2, 0) is 0 Å². The summed E-state index contributed by atoms with van der Waals surface area (Å²) < 4.78 is 13.6. The van der Waals surface area contributed by atoms with E-state index in [4.69, 9.17) is 0 Å². The van der Waals surface area contributed by atoms with Gasteiger partial charge in [-0.3, -0.25) is 0 Å². The van der Waals surface area contributed by atoms with Gasteiger partial charge in [-0.15, -0.1) is 0 Å². The van der Waals surface area contributed by atoms with Gasteiger partial charge in [-0.2, -0.15) is 0 Å². The maximum absolute atomic E-state index is 13.6. The highest BCUT2D eigenvalue weighted by Gasteiger charge is 2.22. The molecule has 1 unspecified atom stereocenters. The fourth-order valence-electron chi connectivity index (χ4n) is 2.62. The van der Waals surface area contributed by atoms with Crippen molar-refractivity contribution in [3.63, 3.8) is 0 Å². The molecule has 2 rings (SSSR count). The van der Waals surface area contributed by atoms with Gasteiger partial charge >= 0.3 is 0 Å². The average molecular weight is 221 g/mol. The highest BCUT2D eigenvalue weighted by molar-refractivity contribution is 5.52. The summed E-state index contributed by atoms with van der Waals surface area (Å²) in [6, 6.07) is 5.61. The van der Waals surface area contributed by atoms with E-state index in [0.29, 0.717) is 17.6 Å². The monoisotopic (exact) mass is 221 g/mol. The summed E-state index contributed by atoms with van der Waals surface area (Å²) >= 11 is 0. The number of hydrogen-bond acceptors (Lipinski definition) is 1. The fraction of sp³-hybridized carbons (Fsp3) is 0.571. The molecule has 2 heteroatoms. The fourth-order valence-corrected chi connectivity index (χ4v) is 2.62. The van der Waals surface area contributed by atoms with Crippen molar-refractivity contribution >= 4 is 5.69 Å². The number of rotatable bonds is 3. The van der Waals surface area contributed by atoms with Crippen LogP contribution >= 0.6 is 0 Å². The van der Waals surface area contributed by atoms with Crippen LogP contribution in [0, 0.1) is 18.7 Å². The van der Waals surface area contributed by atoms with Crippen LogP contribution in [0.3, 0.4) is 0 Å². The Kier molecular flexibility index (Phi) is 3.47. The van der Waals surface area contributed by atoms with Crippen molar-refractivity contribution in [3.05, 3.63) is 29.6 Å². The van der Waals surface area contributed by atoms with Crippen molar-refractivity contribution in [2.45, 2.75) is 45.6 Å². The molecule has 1 aromatic carbocycles. The molecule has 0 amide bonds. The van der Waals surface area contributed by atoms with E-state index in [1.54, 1.807) is 6.07 Å². The Morgan fingerprint density at radius 3 is 2.62 bits per heavy atom. The molecule has 0 saturated heterocycles. The second-order valence-electron chi connectivity index (χ2n) is 4.91. The lowest BCUT2D eigenvalue weighted by Gasteiger charge is -2.23. The molecule has 1 saturated carbocycles. The molecule has 1 aliphatic rings. The van der Waals surface area contributed by atoms with Crippen LogP contribution in [-0.4, -0.2) is 6.04 Å². The van der Waals surface area contributed by atoms with Crippen molar-refractivity contribution < 1.29 is 4.39 Å². The van der Waals surface area contributed by atoms with Crippen LogP contribution in [0.4, 0.5) is 10.1 Å². The van der Waals surface area contributed by atoms with Gasteiger partial charge in [0, 0.05) is 6.04 Å². The minimum atomic E-state index is -0.134. The molecule has 1 aromatic rings. The lowest BCUT2D eigenvalue weighted by atomic mass is 9.99. The van der Waals surface area contributed by atoms with Crippen molar-refractivity contribution in [1.82, 2.24) is 0 Å². The molecular formula is C14H20FN. The van der Waals surface area contributed by atoms with Crippen molar-refractivity contribution in [2.75, 3.05) is 5.32 Å². The highest BCUT2D eigenvalue weighted by atomic mass is 19.1. The van der Waals surface area contributed by atoms with Gasteiger partial charge in [0.1, 0.15) is 5.82 Å². The largest absolute Gasteiger partial charge is 0.380 e. The molecule has 1 atom stereocenters. The summed E-state index contributed by atoms with van der Waals surface area (Å²) in [6.45, 7) is 4.12. The molecule has 0 radical (unpaired) electrons. The van der Waals surface area contributed by atoms with Gasteiger partial charge in [-0.1, -0.05) is 25.0 Å². The third-order valence-corrected chi connectivity index (χ3v) is 3.70. The molecule has 0 aliphatic heterocycles. The Balaban J connectivity index is 2.07. The summed E-state index contributed by atoms with van der Waals surface area (Å²) in [4.78, 5) is 0. The first-order valence-electron chi connectivity index (χ1n) is 6.20. The zero-order valence-corrected chi connectivity index (χ0v) is 10.1. The van der Waals surface area contributed by atoms with E-state index < -0.39 is 0 Å². The zero-order valence-electron chi connectivity index (χ0n) is 10.1. The first kappa shape index (κ1) is 11.4. The van der Waals surface area contributed by atoms with E-state index in [-0.39, 0.29) is 5.82 Å². The molecule has 16 heavy (non-hydrogen) atoms. The average Bonchev–Trinajstić information content (AvgIpc) is 2.76. The van der Waals surface area contributed by atoms with Crippen LogP contribution < -0.4 is 5.32 Å². The minimum Gasteiger partial charge on any atom is -0.380 e. The Labute approximate surface area is 97.1 Å². The van der Waals surface area contributed by atoms with Gasteiger partial charge in [0.2, 0.25) is 0 Å². The number of anilines is 1. The maximum Gasteiger partial charge on any atom is 0.146 e. The van der Waals surface area contributed by atoms with Gasteiger partial charge in [0.05, 0.1) is 5.69 Å². The molecule has 88 valence electrons. The highest BCUT2D eigenvalue weighted by Crippen LogP contribution is 2.30. The van der Waals surface area contributed by atoms with Gasteiger partial charge in [0.25, 0.3) is 0 Å². The Morgan fingerprint density at radius 2 is 2.00 bits per heavy atom. The zero-order chi connectivity index (χ0) is 11.5. The quantitative estimate of drug-likeness (QED) is 0.809. The number of aryl methyl sites for hydroxylation is 1. The smallest absolute Gasteiger partial charge is 0.146 e. The van der Waals surface area contributed by atoms with Crippen LogP contribution in [0.5, 0.6) is 0 Å². The van der Waals surface area contributed by atoms with E-state index in [0.717, 1.165) is 5.56 Å². The van der Waals surface area contributed by atoms with Crippen LogP contribution in [0.15, 0.2) is 18.2 Å². The third kappa shape index (κ3) is 2.37. The number of halogens is 1. The number of benzene rings is 1. The summed E-state index contributed by atoms with van der Waals surface area (Å²) in [7, 11) is 0. The predicted octanol–water partition coefficient (Wildman–Crippen LogP) is 4.12. The van der Waals surface area contributed by atoms with E-state index in [2.05, 4.69) is 12.2 Å². The molecule has 1 nitrogen and oxygen atoms in total. The van der Waals surface area contributed by atoms with E-state index in [9.17, 15) is 4.39 Å². The van der Waals surface area contributed by atoms with Crippen molar-refractivity contribution in [3.8, 4) is 0 Å². The maximum atomic E-state index is 13.6. The molecule has 1 fully saturated rings. The Hall–Kier alpha value is -1.05. The van der Waals surface area contributed by atoms with Crippen LogP contribution in [0.2, 0.25) is 0 Å². The number of para-hydroxylation sites is 1. The lowest BCUT2D eigenvalue weighted by Crippen LogP contribution is -2.24. The molecule has 0 spiro atoms. The van der Waals surface area contributed by atoms with Gasteiger partial charge in [0.15, 0.2) is 0 Å². The van der Waals surface area contributed by atoms with Crippen molar-refractivity contribution in [2.24, 2.45) is 5.92 Å². The van der Waals surface area contributed by atoms with Gasteiger partial charge < -0.3 is 5.32 Å². The molecule has 0 heterocycles. The van der Waals surface area contributed by atoms with Crippen LogP contribution in [0.1, 0.15) is 38.2 Å². The molecule has 0 bridgehead atoms. The van der Waals surface area contributed by atoms with Gasteiger partial charge in [-0.25, -0.2) is 4.39 Å². The normalized spacial score (nSPS) is 18.7. The second kappa shape index (κ2) is 4.86. The minimum absolute atomic E-state index is 0.134. The Morgan fingerprint density at radius 1 is 1.31 bits per heavy atom. The summed E-state index contributed by atoms with van der Waals surface area (Å²) in [5, 5.41) is 3.35. The van der Waals surface area contributed by atoms with Crippen LogP contribution in [0.25, 0.3) is 0 Å². The topological polar surface area (TPSA) is 12.0 Å². The first-order chi connectivity index (χ1) is 7.68. The Bertz CT molecular complexity index is 336. The third-order valence-electron chi connectivity index (χ3n) is 3.70. The molecular weight excluding hydrogens is 201 g/mol. The standard InChI is InChI=1S/C14H20FN/c1-10-6-5-9-13(15)14(10)16-11(2)12-7-3-4-8-12/h5-6,9,11-12,16H,3-4,7-8H2,1-2H3. The SMILES string of the molecule is Cc1cccc(F)c1NC(C)C1CCCC1. The van der Waals surface area contributed by atoms with E-state index in [1.807, 2.05) is 13.0 Å². The first-order valence-corrected chi connectivity index (χ1v) is 6.20. The second-order valence-corrected chi connectivity index (χ2v) is 4.91. The lowest BCUT2D eigenvalue weighted by molar-refractivity contribution is 0.479. The van der Waals surface area contributed by atoms with Crippen molar-refractivity contribution in [1.29, 1.82) is 0 Å². The van der Waals surface area contributed by atoms with E-state index >= 15 is 0 Å². The summed E-state index contributed by atoms with van der Waals surface area (Å²) in [6.07, 6.45) is 5.21. The predicted molar refractivity (Wildman–Crippen MR) is 66.2 cm³/mol. The number of hydrogen-bond donors (Lipinski definition) is 1. The summed E-state index contributed by atoms with van der Waals surface area (Å²) in [5.74, 6) is 0.573.